The molecule has 2 heterocycles. The number of fused-ring (bicyclic) bond motifs is 1. The van der Waals surface area contributed by atoms with Crippen LogP contribution in [0.15, 0.2) is 30.6 Å². The Bertz CT molecular complexity index is 685. The van der Waals surface area contributed by atoms with Crippen LogP contribution >= 0.6 is 0 Å². The number of hydrogen-bond acceptors (Lipinski definition) is 4. The van der Waals surface area contributed by atoms with Crippen LogP contribution in [0.3, 0.4) is 0 Å². The lowest BCUT2D eigenvalue weighted by Crippen LogP contribution is -2.08. The van der Waals surface area contributed by atoms with Crippen LogP contribution in [-0.2, 0) is 20.2 Å². The molecule has 2 aromatic heterocycles. The number of aliphatic hydroxyl groups excluding tert-OH is 1. The highest BCUT2D eigenvalue weighted by Crippen LogP contribution is 2.18. The van der Waals surface area contributed by atoms with E-state index in [1.807, 2.05) is 36.0 Å². The van der Waals surface area contributed by atoms with Gasteiger partial charge in [0.15, 0.2) is 5.82 Å². The third-order valence-corrected chi connectivity index (χ3v) is 2.97. The van der Waals surface area contributed by atoms with E-state index >= 15 is 0 Å². The molecular formula is C12H13N5O. The van der Waals surface area contributed by atoms with E-state index < -0.39 is 0 Å². The maximum atomic E-state index is 9.15. The Morgan fingerprint density at radius 1 is 1.28 bits per heavy atom. The summed E-state index contributed by atoms with van der Waals surface area (Å²) >= 11 is 0. The predicted molar refractivity (Wildman–Crippen MR) is 65.8 cm³/mol. The van der Waals surface area contributed by atoms with Crippen molar-refractivity contribution >= 4 is 10.9 Å². The first-order chi connectivity index (χ1) is 8.79. The molecule has 0 aliphatic carbocycles. The summed E-state index contributed by atoms with van der Waals surface area (Å²) in [6.07, 6.45) is 1.44. The molecule has 0 aliphatic rings. The molecule has 0 bridgehead atoms. The van der Waals surface area contributed by atoms with Crippen LogP contribution in [-0.4, -0.2) is 29.7 Å². The normalized spacial score (nSPS) is 11.2. The number of para-hydroxylation sites is 1. The standard InChI is InChI=1S/C12H13N5O/c1-16-11-5-3-2-4-9(11)10(15-16)6-17-12(7-18)13-8-14-17/h2-5,8,18H,6-7H2,1H3. The summed E-state index contributed by atoms with van der Waals surface area (Å²) in [5.41, 5.74) is 2.01. The van der Waals surface area contributed by atoms with Crippen LogP contribution < -0.4 is 0 Å². The molecule has 18 heavy (non-hydrogen) atoms. The van der Waals surface area contributed by atoms with E-state index in [1.165, 1.54) is 6.33 Å². The summed E-state index contributed by atoms with van der Waals surface area (Å²) in [4.78, 5) is 3.98. The summed E-state index contributed by atoms with van der Waals surface area (Å²) in [7, 11) is 1.92. The van der Waals surface area contributed by atoms with E-state index in [0.717, 1.165) is 16.6 Å². The van der Waals surface area contributed by atoms with Gasteiger partial charge in [-0.25, -0.2) is 9.67 Å². The van der Waals surface area contributed by atoms with Crippen molar-refractivity contribution in [3.05, 3.63) is 42.1 Å². The molecular weight excluding hydrogens is 230 g/mol. The molecule has 3 aromatic rings. The van der Waals surface area contributed by atoms with Crippen molar-refractivity contribution in [3.63, 3.8) is 0 Å². The molecule has 0 spiro atoms. The first-order valence-corrected chi connectivity index (χ1v) is 5.67. The highest BCUT2D eigenvalue weighted by molar-refractivity contribution is 5.81. The second kappa shape index (κ2) is 4.23. The monoisotopic (exact) mass is 243 g/mol. The van der Waals surface area contributed by atoms with E-state index in [4.69, 9.17) is 5.11 Å². The molecule has 6 heteroatoms. The van der Waals surface area contributed by atoms with Crippen LogP contribution in [0.4, 0.5) is 0 Å². The molecule has 0 saturated carbocycles. The van der Waals surface area contributed by atoms with Crippen LogP contribution in [0, 0.1) is 0 Å². The van der Waals surface area contributed by atoms with Gasteiger partial charge in [0.2, 0.25) is 0 Å². The third kappa shape index (κ3) is 1.67. The summed E-state index contributed by atoms with van der Waals surface area (Å²) in [6.45, 7) is 0.391. The quantitative estimate of drug-likeness (QED) is 0.735. The van der Waals surface area contributed by atoms with Gasteiger partial charge in [-0.1, -0.05) is 18.2 Å². The van der Waals surface area contributed by atoms with Crippen LogP contribution in [0.1, 0.15) is 11.5 Å². The zero-order valence-electron chi connectivity index (χ0n) is 9.98. The Labute approximate surface area is 103 Å². The number of aryl methyl sites for hydroxylation is 1. The van der Waals surface area contributed by atoms with Gasteiger partial charge in [0.1, 0.15) is 12.9 Å². The molecule has 92 valence electrons. The summed E-state index contributed by atoms with van der Waals surface area (Å²) in [5, 5.41) is 18.8. The van der Waals surface area contributed by atoms with E-state index in [9.17, 15) is 0 Å². The zero-order chi connectivity index (χ0) is 12.5. The second-order valence-corrected chi connectivity index (χ2v) is 4.08. The first-order valence-electron chi connectivity index (χ1n) is 5.67. The summed E-state index contributed by atoms with van der Waals surface area (Å²) in [6, 6.07) is 8.04. The molecule has 0 aliphatic heterocycles. The van der Waals surface area contributed by atoms with Crippen LogP contribution in [0.5, 0.6) is 0 Å². The van der Waals surface area contributed by atoms with E-state index in [0.29, 0.717) is 12.4 Å². The van der Waals surface area contributed by atoms with Gasteiger partial charge in [-0.05, 0) is 6.07 Å². The van der Waals surface area contributed by atoms with Crippen molar-refractivity contribution in [1.29, 1.82) is 0 Å². The van der Waals surface area contributed by atoms with Gasteiger partial charge in [-0.15, -0.1) is 0 Å². The Hall–Kier alpha value is -2.21. The minimum atomic E-state index is -0.120. The largest absolute Gasteiger partial charge is 0.388 e. The van der Waals surface area contributed by atoms with Crippen molar-refractivity contribution in [2.24, 2.45) is 7.05 Å². The molecule has 0 atom stereocenters. The van der Waals surface area contributed by atoms with Crippen LogP contribution in [0.25, 0.3) is 10.9 Å². The number of nitrogens with zero attached hydrogens (tertiary/aromatic N) is 5. The van der Waals surface area contributed by atoms with E-state index in [1.54, 1.807) is 4.68 Å². The predicted octanol–water partition coefficient (Wildman–Crippen LogP) is 0.705. The number of aromatic nitrogens is 5. The van der Waals surface area contributed by atoms with Gasteiger partial charge in [-0.3, -0.25) is 4.68 Å². The van der Waals surface area contributed by atoms with Gasteiger partial charge >= 0.3 is 0 Å². The molecule has 0 amide bonds. The van der Waals surface area contributed by atoms with Crippen molar-refractivity contribution in [2.45, 2.75) is 13.2 Å². The third-order valence-electron chi connectivity index (χ3n) is 2.97. The molecule has 3 rings (SSSR count). The SMILES string of the molecule is Cn1nc(Cn2ncnc2CO)c2ccccc21. The molecule has 1 aromatic carbocycles. The molecule has 0 radical (unpaired) electrons. The highest BCUT2D eigenvalue weighted by Gasteiger charge is 2.10. The summed E-state index contributed by atoms with van der Waals surface area (Å²) < 4.78 is 3.51. The van der Waals surface area contributed by atoms with E-state index in [-0.39, 0.29) is 6.61 Å². The molecule has 1 N–H and O–H groups in total. The average molecular weight is 243 g/mol. The maximum absolute atomic E-state index is 9.15. The summed E-state index contributed by atoms with van der Waals surface area (Å²) in [5.74, 6) is 0.546. The lowest BCUT2D eigenvalue weighted by atomic mass is 10.2. The molecule has 0 fully saturated rings. The number of rotatable bonds is 3. The van der Waals surface area contributed by atoms with Crippen molar-refractivity contribution in [1.82, 2.24) is 24.5 Å². The number of aliphatic hydroxyl groups is 1. The number of hydrogen-bond donors (Lipinski definition) is 1. The van der Waals surface area contributed by atoms with Gasteiger partial charge in [0.05, 0.1) is 17.8 Å². The van der Waals surface area contributed by atoms with Crippen LogP contribution in [0.2, 0.25) is 0 Å². The fraction of sp³-hybridized carbons (Fsp3) is 0.250. The Morgan fingerprint density at radius 3 is 2.94 bits per heavy atom. The van der Waals surface area contributed by atoms with Crippen molar-refractivity contribution < 1.29 is 5.11 Å². The fourth-order valence-corrected chi connectivity index (χ4v) is 2.09. The molecule has 0 saturated heterocycles. The average Bonchev–Trinajstić information content (AvgIpc) is 2.96. The van der Waals surface area contributed by atoms with Crippen molar-refractivity contribution in [2.75, 3.05) is 0 Å². The topological polar surface area (TPSA) is 68.8 Å². The lowest BCUT2D eigenvalue weighted by molar-refractivity contribution is 0.263. The van der Waals surface area contributed by atoms with Gasteiger partial charge in [0.25, 0.3) is 0 Å². The van der Waals surface area contributed by atoms with Gasteiger partial charge in [-0.2, -0.15) is 10.2 Å². The molecule has 6 nitrogen and oxygen atoms in total. The highest BCUT2D eigenvalue weighted by atomic mass is 16.3. The minimum Gasteiger partial charge on any atom is -0.388 e. The lowest BCUT2D eigenvalue weighted by Gasteiger charge is -2.01. The zero-order valence-corrected chi connectivity index (χ0v) is 9.98. The van der Waals surface area contributed by atoms with Crippen molar-refractivity contribution in [3.8, 4) is 0 Å². The molecule has 0 unspecified atom stereocenters. The Kier molecular flexibility index (Phi) is 2.56. The fourth-order valence-electron chi connectivity index (χ4n) is 2.09. The second-order valence-electron chi connectivity index (χ2n) is 4.08. The maximum Gasteiger partial charge on any atom is 0.152 e. The first kappa shape index (κ1) is 10.9. The van der Waals surface area contributed by atoms with Gasteiger partial charge < -0.3 is 5.11 Å². The Morgan fingerprint density at radius 2 is 2.11 bits per heavy atom. The number of benzene rings is 1. The Balaban J connectivity index is 2.05. The smallest absolute Gasteiger partial charge is 0.152 e. The van der Waals surface area contributed by atoms with Gasteiger partial charge in [0, 0.05) is 12.4 Å². The van der Waals surface area contributed by atoms with E-state index in [2.05, 4.69) is 15.2 Å². The minimum absolute atomic E-state index is 0.120.